The molecule has 0 spiro atoms. The van der Waals surface area contributed by atoms with Crippen molar-refractivity contribution in [3.8, 4) is 0 Å². The van der Waals surface area contributed by atoms with E-state index in [2.05, 4.69) is 4.90 Å². The van der Waals surface area contributed by atoms with E-state index in [9.17, 15) is 0 Å². The molecule has 0 saturated carbocycles. The van der Waals surface area contributed by atoms with Crippen LogP contribution in [-0.4, -0.2) is 132 Å². The van der Waals surface area contributed by atoms with Gasteiger partial charge >= 0.3 is 0 Å². The third-order valence-corrected chi connectivity index (χ3v) is 3.55. The van der Waals surface area contributed by atoms with Gasteiger partial charge in [-0.15, -0.1) is 0 Å². The normalized spacial score (nSPS) is 11.5. The van der Waals surface area contributed by atoms with Gasteiger partial charge in [0.25, 0.3) is 0 Å². The summed E-state index contributed by atoms with van der Waals surface area (Å²) in [5, 5.41) is 45.1. The topological polar surface area (TPSA) is 111 Å². The maximum atomic E-state index is 9.15. The number of aliphatic hydroxyl groups is 5. The second-order valence-electron chi connectivity index (χ2n) is 5.14. The summed E-state index contributed by atoms with van der Waals surface area (Å²) >= 11 is 0. The second-order valence-corrected chi connectivity index (χ2v) is 5.14. The molecule has 8 nitrogen and oxygen atoms in total. The average Bonchev–Trinajstić information content (AvgIpc) is 2.50. The van der Waals surface area contributed by atoms with E-state index in [0.29, 0.717) is 45.8 Å². The number of rotatable bonds is 16. The van der Waals surface area contributed by atoms with Gasteiger partial charge in [0.1, 0.15) is 0 Å². The molecule has 5 N–H and O–H groups in total. The maximum absolute atomic E-state index is 9.15. The molecule has 0 bridgehead atoms. The van der Waals surface area contributed by atoms with Crippen molar-refractivity contribution in [2.24, 2.45) is 0 Å². The highest BCUT2D eigenvalue weighted by molar-refractivity contribution is 4.66. The Hall–Kier alpha value is -0.320. The maximum Gasteiger partial charge on any atom is 0.0558 e. The van der Waals surface area contributed by atoms with Crippen molar-refractivity contribution in [1.29, 1.82) is 0 Å². The molecule has 0 rings (SSSR count). The molecule has 0 fully saturated rings. The Kier molecular flexibility index (Phi) is 19.5. The first-order valence-corrected chi connectivity index (χ1v) is 7.93. The third kappa shape index (κ3) is 13.8. The Balaban J connectivity index is 0. The minimum Gasteiger partial charge on any atom is -0.395 e. The zero-order valence-electron chi connectivity index (χ0n) is 13.5. The standard InChI is InChI=1S/C14H33N3O5.CH4/c18-10-5-15(1-3-16(6-11-19)7-12-20)2-4-17(8-13-21)9-14-22;/h18-22H,1-14H2;1H4. The summed E-state index contributed by atoms with van der Waals surface area (Å²) in [7, 11) is 0. The Bertz CT molecular complexity index is 205. The molecule has 0 aromatic heterocycles. The molecule has 0 aliphatic carbocycles. The molecule has 0 aliphatic heterocycles. The predicted octanol–water partition coefficient (Wildman–Crippen LogP) is -2.51. The highest BCUT2D eigenvalue weighted by Crippen LogP contribution is 1.95. The van der Waals surface area contributed by atoms with Crippen molar-refractivity contribution in [3.05, 3.63) is 0 Å². The van der Waals surface area contributed by atoms with Gasteiger partial charge in [-0.05, 0) is 0 Å². The van der Waals surface area contributed by atoms with E-state index in [4.69, 9.17) is 25.5 Å². The summed E-state index contributed by atoms with van der Waals surface area (Å²) in [6.45, 7) is 5.82. The summed E-state index contributed by atoms with van der Waals surface area (Å²) < 4.78 is 0. The largest absolute Gasteiger partial charge is 0.395 e. The van der Waals surface area contributed by atoms with E-state index in [-0.39, 0.29) is 40.5 Å². The fourth-order valence-electron chi connectivity index (χ4n) is 2.28. The predicted molar refractivity (Wildman–Crippen MR) is 91.5 cm³/mol. The lowest BCUT2D eigenvalue weighted by Crippen LogP contribution is -2.43. The van der Waals surface area contributed by atoms with E-state index in [1.165, 1.54) is 0 Å². The van der Waals surface area contributed by atoms with Gasteiger partial charge in [-0.2, -0.15) is 0 Å². The van der Waals surface area contributed by atoms with Gasteiger partial charge in [0, 0.05) is 58.9 Å². The van der Waals surface area contributed by atoms with Crippen LogP contribution in [0.5, 0.6) is 0 Å². The molecular weight excluding hydrogens is 302 g/mol. The lowest BCUT2D eigenvalue weighted by Gasteiger charge is -2.29. The van der Waals surface area contributed by atoms with Gasteiger partial charge in [0.05, 0.1) is 33.0 Å². The van der Waals surface area contributed by atoms with E-state index in [0.717, 1.165) is 13.1 Å². The Morgan fingerprint density at radius 1 is 0.348 bits per heavy atom. The van der Waals surface area contributed by atoms with Gasteiger partial charge in [-0.3, -0.25) is 14.7 Å². The average molecular weight is 339 g/mol. The van der Waals surface area contributed by atoms with Crippen LogP contribution in [0.25, 0.3) is 0 Å². The third-order valence-electron chi connectivity index (χ3n) is 3.55. The fourth-order valence-corrected chi connectivity index (χ4v) is 2.28. The molecule has 0 aromatic rings. The highest BCUT2D eigenvalue weighted by atomic mass is 16.3. The van der Waals surface area contributed by atoms with E-state index in [1.807, 2.05) is 9.80 Å². The Morgan fingerprint density at radius 3 is 0.696 bits per heavy atom. The summed E-state index contributed by atoms with van der Waals surface area (Å²) in [4.78, 5) is 6.05. The summed E-state index contributed by atoms with van der Waals surface area (Å²) in [6, 6.07) is 0. The van der Waals surface area contributed by atoms with Crippen molar-refractivity contribution in [2.45, 2.75) is 7.43 Å². The molecular formula is C15H37N3O5. The molecule has 23 heavy (non-hydrogen) atoms. The first-order chi connectivity index (χ1) is 10.7. The van der Waals surface area contributed by atoms with Crippen LogP contribution in [0.4, 0.5) is 0 Å². The highest BCUT2D eigenvalue weighted by Gasteiger charge is 2.11. The van der Waals surface area contributed by atoms with Crippen LogP contribution in [0.3, 0.4) is 0 Å². The van der Waals surface area contributed by atoms with Crippen LogP contribution in [0.15, 0.2) is 0 Å². The van der Waals surface area contributed by atoms with Gasteiger partial charge in [0.15, 0.2) is 0 Å². The molecule has 0 heterocycles. The van der Waals surface area contributed by atoms with Crippen molar-refractivity contribution in [3.63, 3.8) is 0 Å². The molecule has 142 valence electrons. The lowest BCUT2D eigenvalue weighted by molar-refractivity contribution is 0.114. The summed E-state index contributed by atoms with van der Waals surface area (Å²) in [6.07, 6.45) is 0. The molecule has 0 radical (unpaired) electrons. The van der Waals surface area contributed by atoms with Gasteiger partial charge in [-0.1, -0.05) is 7.43 Å². The Morgan fingerprint density at radius 2 is 0.522 bits per heavy atom. The molecule has 0 aromatic carbocycles. The summed E-state index contributed by atoms with van der Waals surface area (Å²) in [5.74, 6) is 0. The number of hydrogen-bond donors (Lipinski definition) is 5. The Labute approximate surface area is 140 Å². The molecule has 0 unspecified atom stereocenters. The van der Waals surface area contributed by atoms with Crippen LogP contribution >= 0.6 is 0 Å². The minimum absolute atomic E-state index is 0. The van der Waals surface area contributed by atoms with E-state index < -0.39 is 0 Å². The first kappa shape index (κ1) is 24.9. The van der Waals surface area contributed by atoms with Crippen molar-refractivity contribution >= 4 is 0 Å². The zero-order chi connectivity index (χ0) is 16.6. The van der Waals surface area contributed by atoms with Gasteiger partial charge in [-0.25, -0.2) is 0 Å². The summed E-state index contributed by atoms with van der Waals surface area (Å²) in [5.41, 5.74) is 0. The smallest absolute Gasteiger partial charge is 0.0558 e. The van der Waals surface area contributed by atoms with Gasteiger partial charge < -0.3 is 25.5 Å². The molecule has 0 saturated heterocycles. The fraction of sp³-hybridized carbons (Fsp3) is 1.00. The second kappa shape index (κ2) is 18.0. The van der Waals surface area contributed by atoms with Crippen molar-refractivity contribution in [1.82, 2.24) is 14.7 Å². The zero-order valence-corrected chi connectivity index (χ0v) is 13.5. The number of nitrogens with zero attached hydrogens (tertiary/aromatic N) is 3. The van der Waals surface area contributed by atoms with Crippen LogP contribution in [-0.2, 0) is 0 Å². The molecule has 0 amide bonds. The quantitative estimate of drug-likeness (QED) is 0.210. The monoisotopic (exact) mass is 339 g/mol. The van der Waals surface area contributed by atoms with Gasteiger partial charge in [0.2, 0.25) is 0 Å². The molecule has 8 heteroatoms. The van der Waals surface area contributed by atoms with Crippen LogP contribution in [0, 0.1) is 0 Å². The lowest BCUT2D eigenvalue weighted by atomic mass is 10.3. The van der Waals surface area contributed by atoms with Crippen molar-refractivity contribution in [2.75, 3.05) is 91.9 Å². The van der Waals surface area contributed by atoms with Crippen LogP contribution in [0.2, 0.25) is 0 Å². The van der Waals surface area contributed by atoms with E-state index in [1.54, 1.807) is 0 Å². The van der Waals surface area contributed by atoms with E-state index >= 15 is 0 Å². The molecule has 0 aliphatic rings. The number of aliphatic hydroxyl groups excluding tert-OH is 5. The number of hydrogen-bond acceptors (Lipinski definition) is 8. The minimum atomic E-state index is 0. The van der Waals surface area contributed by atoms with Crippen LogP contribution in [0.1, 0.15) is 7.43 Å². The van der Waals surface area contributed by atoms with Crippen molar-refractivity contribution < 1.29 is 25.5 Å². The SMILES string of the molecule is C.OCCN(CCO)CCN(CCO)CCN(CCO)CCO. The first-order valence-electron chi connectivity index (χ1n) is 7.93. The molecule has 0 atom stereocenters. The van der Waals surface area contributed by atoms with Crippen LogP contribution < -0.4 is 0 Å².